The molecule has 0 atom stereocenters. The number of rotatable bonds is 8. The van der Waals surface area contributed by atoms with Gasteiger partial charge in [0.25, 0.3) is 0 Å². The molecule has 1 heterocycles. The molecule has 0 aromatic carbocycles. The number of thiol groups is 1. The lowest BCUT2D eigenvalue weighted by Crippen LogP contribution is -2.16. The zero-order valence-electron chi connectivity index (χ0n) is 10.5. The van der Waals surface area contributed by atoms with E-state index in [-0.39, 0.29) is 18.3 Å². The largest absolute Gasteiger partial charge is 0.484 e. The average molecular weight is 270 g/mol. The normalized spacial score (nSPS) is 10.4. The highest BCUT2D eigenvalue weighted by Gasteiger charge is 2.08. The predicted molar refractivity (Wildman–Crippen MR) is 72.1 cm³/mol. The summed E-state index contributed by atoms with van der Waals surface area (Å²) in [7, 11) is 0. The quantitative estimate of drug-likeness (QED) is 0.554. The van der Waals surface area contributed by atoms with E-state index < -0.39 is 0 Å². The zero-order chi connectivity index (χ0) is 13.4. The maximum absolute atomic E-state index is 11.4. The fourth-order valence-electron chi connectivity index (χ4n) is 1.06. The third-order valence-electron chi connectivity index (χ3n) is 2.20. The van der Waals surface area contributed by atoms with Crippen LogP contribution in [0.15, 0.2) is 18.3 Å². The number of nitrogens with zero attached hydrogens (tertiary/aromatic N) is 1. The number of nitrogens with one attached hydrogen (secondary N) is 1. The van der Waals surface area contributed by atoms with Gasteiger partial charge in [-0.1, -0.05) is 26.7 Å². The minimum absolute atomic E-state index is 0.0192. The van der Waals surface area contributed by atoms with Crippen molar-refractivity contribution in [2.24, 2.45) is 5.92 Å². The molecule has 0 aliphatic carbocycles. The number of carbonyl (C=O) groups is 1. The van der Waals surface area contributed by atoms with Crippen LogP contribution in [0.25, 0.3) is 0 Å². The molecule has 0 unspecified atom stereocenters. The highest BCUT2D eigenvalue weighted by atomic mass is 32.1. The van der Waals surface area contributed by atoms with Crippen LogP contribution in [0.4, 0.5) is 0 Å². The Morgan fingerprint density at radius 2 is 2.22 bits per heavy atom. The molecule has 1 aromatic heterocycles. The van der Waals surface area contributed by atoms with Gasteiger partial charge in [0.15, 0.2) is 5.78 Å². The lowest BCUT2D eigenvalue weighted by molar-refractivity contribution is -0.123. The van der Waals surface area contributed by atoms with Crippen molar-refractivity contribution in [3.63, 3.8) is 0 Å². The summed E-state index contributed by atoms with van der Waals surface area (Å²) in [6.07, 6.45) is 1.54. The molecule has 0 spiro atoms. The first-order chi connectivity index (χ1) is 8.63. The van der Waals surface area contributed by atoms with Crippen molar-refractivity contribution in [1.29, 1.82) is 0 Å². The first-order valence-corrected chi connectivity index (χ1v) is 6.19. The van der Waals surface area contributed by atoms with Gasteiger partial charge in [0, 0.05) is 18.5 Å². The Bertz CT molecular complexity index is 368. The molecular weight excluding hydrogens is 252 g/mol. The lowest BCUT2D eigenvalue weighted by atomic mass is 10.1. The second-order valence-corrected chi connectivity index (χ2v) is 4.31. The molecule has 5 nitrogen and oxygen atoms in total. The third-order valence-corrected chi connectivity index (χ3v) is 2.42. The third kappa shape index (κ3) is 5.37. The first kappa shape index (κ1) is 14.8. The molecule has 0 fully saturated rings. The molecule has 0 saturated carbocycles. The highest BCUT2D eigenvalue weighted by molar-refractivity contribution is 7.78. The second-order valence-electron chi connectivity index (χ2n) is 4.00. The monoisotopic (exact) mass is 270 g/mol. The van der Waals surface area contributed by atoms with Crippen molar-refractivity contribution in [3.05, 3.63) is 18.3 Å². The van der Waals surface area contributed by atoms with Crippen LogP contribution in [-0.4, -0.2) is 30.5 Å². The van der Waals surface area contributed by atoms with Crippen LogP contribution < -0.4 is 14.2 Å². The van der Waals surface area contributed by atoms with Gasteiger partial charge in [-0.05, 0) is 6.07 Å². The van der Waals surface area contributed by atoms with Gasteiger partial charge >= 0.3 is 0 Å². The molecule has 1 rings (SSSR count). The van der Waals surface area contributed by atoms with E-state index in [1.165, 1.54) is 6.20 Å². The fraction of sp³-hybridized carbons (Fsp3) is 0.500. The summed E-state index contributed by atoms with van der Waals surface area (Å²) in [6, 6.07) is 3.43. The van der Waals surface area contributed by atoms with E-state index in [1.807, 2.05) is 13.8 Å². The molecule has 0 aliphatic rings. The fourth-order valence-corrected chi connectivity index (χ4v) is 1.15. The van der Waals surface area contributed by atoms with Crippen molar-refractivity contribution < 1.29 is 14.3 Å². The molecule has 0 amide bonds. The molecule has 0 aliphatic heterocycles. The summed E-state index contributed by atoms with van der Waals surface area (Å²) >= 11 is 3.84. The van der Waals surface area contributed by atoms with Gasteiger partial charge in [-0.3, -0.25) is 9.52 Å². The van der Waals surface area contributed by atoms with Gasteiger partial charge in [-0.25, -0.2) is 4.98 Å². The highest BCUT2D eigenvalue weighted by Crippen LogP contribution is 2.13. The Balaban J connectivity index is 2.38. The van der Waals surface area contributed by atoms with Crippen LogP contribution in [0.1, 0.15) is 13.8 Å². The summed E-state index contributed by atoms with van der Waals surface area (Å²) in [6.45, 7) is 4.88. The maximum Gasteiger partial charge on any atom is 0.213 e. The number of hydrogen-bond acceptors (Lipinski definition) is 6. The smallest absolute Gasteiger partial charge is 0.213 e. The van der Waals surface area contributed by atoms with Gasteiger partial charge in [-0.2, -0.15) is 0 Å². The topological polar surface area (TPSA) is 60.5 Å². The second kappa shape index (κ2) is 7.94. The summed E-state index contributed by atoms with van der Waals surface area (Å²) in [5.74, 6) is 1.12. The van der Waals surface area contributed by atoms with E-state index in [9.17, 15) is 4.79 Å². The predicted octanol–water partition coefficient (Wildman–Crippen LogP) is 1.50. The summed E-state index contributed by atoms with van der Waals surface area (Å²) in [5, 5.41) is 0. The van der Waals surface area contributed by atoms with E-state index in [2.05, 4.69) is 22.5 Å². The van der Waals surface area contributed by atoms with E-state index in [0.29, 0.717) is 24.8 Å². The van der Waals surface area contributed by atoms with Crippen molar-refractivity contribution >= 4 is 18.6 Å². The maximum atomic E-state index is 11.4. The first-order valence-electron chi connectivity index (χ1n) is 5.74. The molecule has 6 heteroatoms. The molecule has 100 valence electrons. The Morgan fingerprint density at radius 1 is 1.44 bits per heavy atom. The van der Waals surface area contributed by atoms with E-state index >= 15 is 0 Å². The molecular formula is C12H18N2O3S. The number of aromatic nitrogens is 1. The van der Waals surface area contributed by atoms with Gasteiger partial charge in [0.1, 0.15) is 19.0 Å². The molecule has 1 N–H and O–H groups in total. The number of carbonyl (C=O) groups excluding carboxylic acids is 1. The van der Waals surface area contributed by atoms with Crippen LogP contribution in [0.3, 0.4) is 0 Å². The molecule has 1 aromatic rings. The number of Topliss-reactive ketones (excluding diaryl/α,β-unsaturated/α-hetero) is 1. The lowest BCUT2D eigenvalue weighted by Gasteiger charge is -2.08. The Morgan fingerprint density at radius 3 is 2.78 bits per heavy atom. The Labute approximate surface area is 112 Å². The SMILES string of the molecule is CC(C)C(=O)COc1ccc(OCCNS)nc1. The standard InChI is InChI=1S/C12H18N2O3S/c1-9(2)11(15)8-17-10-3-4-12(13-7-10)16-6-5-14-18/h3-4,7,9,14,18H,5-6,8H2,1-2H3. The molecule has 0 radical (unpaired) electrons. The number of pyridine rings is 1. The summed E-state index contributed by atoms with van der Waals surface area (Å²) in [4.78, 5) is 15.4. The minimum atomic E-state index is -0.0192. The average Bonchev–Trinajstić information content (AvgIpc) is 2.37. The molecule has 18 heavy (non-hydrogen) atoms. The van der Waals surface area contributed by atoms with E-state index in [0.717, 1.165) is 0 Å². The van der Waals surface area contributed by atoms with Crippen LogP contribution in [0.5, 0.6) is 11.6 Å². The van der Waals surface area contributed by atoms with Crippen molar-refractivity contribution in [1.82, 2.24) is 9.71 Å². The minimum Gasteiger partial charge on any atom is -0.484 e. The Kier molecular flexibility index (Phi) is 6.53. The summed E-state index contributed by atoms with van der Waals surface area (Å²) in [5.41, 5.74) is 0. The van der Waals surface area contributed by atoms with Crippen molar-refractivity contribution in [3.8, 4) is 11.6 Å². The molecule has 0 bridgehead atoms. The van der Waals surface area contributed by atoms with Crippen molar-refractivity contribution in [2.45, 2.75) is 13.8 Å². The van der Waals surface area contributed by atoms with Crippen LogP contribution in [0.2, 0.25) is 0 Å². The van der Waals surface area contributed by atoms with Crippen molar-refractivity contribution in [2.75, 3.05) is 19.8 Å². The zero-order valence-corrected chi connectivity index (χ0v) is 11.4. The van der Waals surface area contributed by atoms with Crippen LogP contribution >= 0.6 is 12.8 Å². The van der Waals surface area contributed by atoms with Gasteiger partial charge in [0.2, 0.25) is 5.88 Å². The molecule has 0 saturated heterocycles. The Hall–Kier alpha value is -1.27. The number of hydrogen-bond donors (Lipinski definition) is 2. The van der Waals surface area contributed by atoms with E-state index in [4.69, 9.17) is 9.47 Å². The van der Waals surface area contributed by atoms with Gasteiger partial charge in [0.05, 0.1) is 6.20 Å². The van der Waals surface area contributed by atoms with Gasteiger partial charge < -0.3 is 9.47 Å². The van der Waals surface area contributed by atoms with E-state index in [1.54, 1.807) is 12.1 Å². The number of ether oxygens (including phenoxy) is 2. The van der Waals surface area contributed by atoms with Gasteiger partial charge in [-0.15, -0.1) is 0 Å². The number of ketones is 1. The van der Waals surface area contributed by atoms with Crippen LogP contribution in [-0.2, 0) is 4.79 Å². The van der Waals surface area contributed by atoms with Crippen LogP contribution in [0, 0.1) is 5.92 Å². The summed E-state index contributed by atoms with van der Waals surface area (Å²) < 4.78 is 13.3.